The zero-order chi connectivity index (χ0) is 39.5. The van der Waals surface area contributed by atoms with Crippen LogP contribution in [0, 0.1) is 5.92 Å². The van der Waals surface area contributed by atoms with E-state index < -0.39 is 0 Å². The zero-order valence-corrected chi connectivity index (χ0v) is 33.5. The van der Waals surface area contributed by atoms with Crippen molar-refractivity contribution < 1.29 is 0 Å². The Morgan fingerprint density at radius 3 is 1.97 bits per heavy atom. The van der Waals surface area contributed by atoms with E-state index in [0.717, 1.165) is 17.8 Å². The molecule has 4 aliphatic rings. The number of allylic oxidation sites excluding steroid dienone is 8. The SMILES string of the molecule is CC1(C)c2cc(N(c3ccc(-c4ccccc4)cc3)c3cccc(-c4ccccc4-c4ccc5c(c4)C4CC=CC=C4N5c4ccccc4)c3)ccc2C2C=CC=CC21. The van der Waals surface area contributed by atoms with E-state index in [9.17, 15) is 0 Å². The topological polar surface area (TPSA) is 6.48 Å². The molecule has 3 unspecified atom stereocenters. The zero-order valence-electron chi connectivity index (χ0n) is 33.5. The highest BCUT2D eigenvalue weighted by Crippen LogP contribution is 2.55. The van der Waals surface area contributed by atoms with Gasteiger partial charge in [-0.05, 0) is 135 Å². The molecule has 59 heavy (non-hydrogen) atoms. The molecular formula is C57H46N2. The van der Waals surface area contributed by atoms with Gasteiger partial charge in [0.05, 0.1) is 0 Å². The first-order valence-electron chi connectivity index (χ1n) is 21.0. The second-order valence-electron chi connectivity index (χ2n) is 16.9. The van der Waals surface area contributed by atoms with Gasteiger partial charge in [0.25, 0.3) is 0 Å². The summed E-state index contributed by atoms with van der Waals surface area (Å²) >= 11 is 0. The third-order valence-corrected chi connectivity index (χ3v) is 13.3. The van der Waals surface area contributed by atoms with Gasteiger partial charge in [-0.1, -0.05) is 159 Å². The van der Waals surface area contributed by atoms with E-state index >= 15 is 0 Å². The van der Waals surface area contributed by atoms with Gasteiger partial charge in [-0.25, -0.2) is 0 Å². The molecule has 2 nitrogen and oxygen atoms in total. The maximum atomic E-state index is 2.47. The van der Waals surface area contributed by atoms with Gasteiger partial charge in [0, 0.05) is 46.0 Å². The van der Waals surface area contributed by atoms with Gasteiger partial charge in [-0.2, -0.15) is 0 Å². The highest BCUT2D eigenvalue weighted by molar-refractivity contribution is 5.89. The maximum absolute atomic E-state index is 2.47. The fourth-order valence-electron chi connectivity index (χ4n) is 10.3. The van der Waals surface area contributed by atoms with Crippen molar-refractivity contribution in [2.24, 2.45) is 5.92 Å². The third-order valence-electron chi connectivity index (χ3n) is 13.3. The Bertz CT molecular complexity index is 2840. The number of para-hydroxylation sites is 1. The minimum atomic E-state index is 0.0132. The van der Waals surface area contributed by atoms with Crippen LogP contribution in [0.3, 0.4) is 0 Å². The molecule has 2 heteroatoms. The molecule has 0 radical (unpaired) electrons. The smallest absolute Gasteiger partial charge is 0.0497 e. The van der Waals surface area contributed by atoms with Crippen LogP contribution in [0.1, 0.15) is 48.8 Å². The monoisotopic (exact) mass is 758 g/mol. The van der Waals surface area contributed by atoms with Gasteiger partial charge in [-0.3, -0.25) is 0 Å². The molecule has 0 amide bonds. The highest BCUT2D eigenvalue weighted by Gasteiger charge is 2.44. The predicted octanol–water partition coefficient (Wildman–Crippen LogP) is 15.4. The number of benzene rings is 7. The fourth-order valence-corrected chi connectivity index (χ4v) is 10.3. The van der Waals surface area contributed by atoms with Crippen LogP contribution in [0.15, 0.2) is 218 Å². The number of rotatable bonds is 7. The Morgan fingerprint density at radius 1 is 0.525 bits per heavy atom. The van der Waals surface area contributed by atoms with Crippen LogP contribution in [0.5, 0.6) is 0 Å². The lowest BCUT2D eigenvalue weighted by Gasteiger charge is -2.30. The Hall–Kier alpha value is -6.90. The summed E-state index contributed by atoms with van der Waals surface area (Å²) in [6.45, 7) is 4.83. The first-order valence-corrected chi connectivity index (χ1v) is 21.0. The summed E-state index contributed by atoms with van der Waals surface area (Å²) in [5, 5.41) is 0. The molecule has 7 aromatic rings. The summed E-state index contributed by atoms with van der Waals surface area (Å²) in [5.74, 6) is 1.20. The number of nitrogens with zero attached hydrogens (tertiary/aromatic N) is 2. The van der Waals surface area contributed by atoms with Crippen molar-refractivity contribution in [2.75, 3.05) is 9.80 Å². The first-order chi connectivity index (χ1) is 29.0. The van der Waals surface area contributed by atoms with Crippen LogP contribution in [-0.2, 0) is 5.41 Å². The molecule has 11 rings (SSSR count). The van der Waals surface area contributed by atoms with Crippen LogP contribution in [0.4, 0.5) is 28.4 Å². The van der Waals surface area contributed by atoms with Crippen molar-refractivity contribution in [3.63, 3.8) is 0 Å². The number of fused-ring (bicyclic) bond motifs is 6. The van der Waals surface area contributed by atoms with Gasteiger partial charge < -0.3 is 9.80 Å². The van der Waals surface area contributed by atoms with Crippen molar-refractivity contribution in [1.82, 2.24) is 0 Å². The fraction of sp³-hybridized carbons (Fsp3) is 0.123. The minimum absolute atomic E-state index is 0.0132. The molecule has 1 aliphatic heterocycles. The van der Waals surface area contributed by atoms with E-state index in [0.29, 0.717) is 17.8 Å². The largest absolute Gasteiger partial charge is 0.313 e. The molecule has 0 saturated carbocycles. The van der Waals surface area contributed by atoms with E-state index in [1.807, 2.05) is 0 Å². The molecule has 0 saturated heterocycles. The van der Waals surface area contributed by atoms with Gasteiger partial charge in [0.15, 0.2) is 0 Å². The summed E-state index contributed by atoms with van der Waals surface area (Å²) in [5.41, 5.74) is 18.9. The van der Waals surface area contributed by atoms with Crippen LogP contribution < -0.4 is 9.80 Å². The molecule has 1 heterocycles. The van der Waals surface area contributed by atoms with E-state index in [-0.39, 0.29) is 5.41 Å². The van der Waals surface area contributed by atoms with Crippen molar-refractivity contribution in [2.45, 2.75) is 37.5 Å². The van der Waals surface area contributed by atoms with Crippen molar-refractivity contribution in [1.29, 1.82) is 0 Å². The Kier molecular flexibility index (Phi) is 8.48. The van der Waals surface area contributed by atoms with Gasteiger partial charge in [0.2, 0.25) is 0 Å². The molecule has 3 aliphatic carbocycles. The quantitative estimate of drug-likeness (QED) is 0.160. The summed E-state index contributed by atoms with van der Waals surface area (Å²) < 4.78 is 0. The Balaban J connectivity index is 1.01. The molecular weight excluding hydrogens is 713 g/mol. The summed E-state index contributed by atoms with van der Waals surface area (Å²) in [7, 11) is 0. The summed E-state index contributed by atoms with van der Waals surface area (Å²) in [4.78, 5) is 4.90. The first kappa shape index (κ1) is 35.3. The van der Waals surface area contributed by atoms with Gasteiger partial charge in [-0.15, -0.1) is 0 Å². The van der Waals surface area contributed by atoms with E-state index in [1.165, 1.54) is 72.8 Å². The van der Waals surface area contributed by atoms with Crippen LogP contribution in [-0.4, -0.2) is 0 Å². The van der Waals surface area contributed by atoms with E-state index in [1.54, 1.807) is 0 Å². The average molecular weight is 759 g/mol. The van der Waals surface area contributed by atoms with Crippen molar-refractivity contribution >= 4 is 28.4 Å². The Labute approximate surface area is 348 Å². The summed E-state index contributed by atoms with van der Waals surface area (Å²) in [6.07, 6.45) is 17.1. The van der Waals surface area contributed by atoms with Crippen LogP contribution in [0.2, 0.25) is 0 Å². The molecule has 284 valence electrons. The third kappa shape index (κ3) is 5.93. The number of hydrogen-bond acceptors (Lipinski definition) is 2. The maximum Gasteiger partial charge on any atom is 0.0497 e. The number of hydrogen-bond donors (Lipinski definition) is 0. The standard InChI is InChI=1S/C57H46N2/c1-57(2)53-26-13-11-24-49(53)50-34-33-46(38-54(50)57)58(44-31-28-40(29-32-44)39-16-5-3-6-17-39)45-21-15-18-41(36-45)47-22-9-10-23-48(47)42-30-35-56-52(37-42)51-25-12-14-27-55(51)59(56)43-19-7-4-8-20-43/h3-24,26-38,49,51,53H,25H2,1-2H3. The highest BCUT2D eigenvalue weighted by atomic mass is 15.2. The van der Waals surface area contributed by atoms with E-state index in [2.05, 4.69) is 236 Å². The van der Waals surface area contributed by atoms with Crippen LogP contribution in [0.25, 0.3) is 33.4 Å². The van der Waals surface area contributed by atoms with Gasteiger partial charge in [0.1, 0.15) is 0 Å². The lowest BCUT2D eigenvalue weighted by molar-refractivity contribution is 0.394. The predicted molar refractivity (Wildman–Crippen MR) is 248 cm³/mol. The number of anilines is 5. The average Bonchev–Trinajstić information content (AvgIpc) is 3.75. The van der Waals surface area contributed by atoms with Crippen molar-refractivity contribution in [3.05, 3.63) is 235 Å². The molecule has 0 fully saturated rings. The molecule has 0 spiro atoms. The Morgan fingerprint density at radius 2 is 1.17 bits per heavy atom. The van der Waals surface area contributed by atoms with E-state index in [4.69, 9.17) is 0 Å². The molecule has 7 aromatic carbocycles. The molecule has 0 aromatic heterocycles. The lowest BCUT2D eigenvalue weighted by atomic mass is 9.74. The normalized spacial score (nSPS) is 19.1. The van der Waals surface area contributed by atoms with Crippen LogP contribution >= 0.6 is 0 Å². The van der Waals surface area contributed by atoms with Crippen molar-refractivity contribution in [3.8, 4) is 33.4 Å². The van der Waals surface area contributed by atoms with Gasteiger partial charge >= 0.3 is 0 Å². The lowest BCUT2D eigenvalue weighted by Crippen LogP contribution is -2.24. The minimum Gasteiger partial charge on any atom is -0.313 e. The second-order valence-corrected chi connectivity index (χ2v) is 16.9. The summed E-state index contributed by atoms with van der Waals surface area (Å²) in [6, 6.07) is 62.9. The molecule has 3 atom stereocenters. The second kappa shape index (κ2) is 14.2. The molecule has 0 bridgehead atoms. The molecule has 0 N–H and O–H groups in total.